The van der Waals surface area contributed by atoms with Crippen molar-refractivity contribution in [1.82, 2.24) is 0 Å². The van der Waals surface area contributed by atoms with Crippen LogP contribution in [0.5, 0.6) is 0 Å². The van der Waals surface area contributed by atoms with E-state index in [1.807, 2.05) is 12.1 Å². The van der Waals surface area contributed by atoms with Crippen molar-refractivity contribution in [2.45, 2.75) is 26.2 Å². The van der Waals surface area contributed by atoms with Crippen molar-refractivity contribution >= 4 is 38.8 Å². The number of benzene rings is 1. The third-order valence-corrected chi connectivity index (χ3v) is 3.45. The van der Waals surface area contributed by atoms with Gasteiger partial charge in [-0.2, -0.15) is 0 Å². The normalized spacial score (nSPS) is 10.3. The van der Waals surface area contributed by atoms with Gasteiger partial charge in [-0.1, -0.05) is 47.9 Å². The maximum Gasteiger partial charge on any atom is 0.106 e. The lowest BCUT2D eigenvalue weighted by atomic mass is 10.1. The quantitative estimate of drug-likeness (QED) is 0.641. The molecule has 1 aromatic carbocycles. The zero-order chi connectivity index (χ0) is 12.8. The van der Waals surface area contributed by atoms with Crippen molar-refractivity contribution in [1.29, 1.82) is 0 Å². The van der Waals surface area contributed by atoms with Gasteiger partial charge in [-0.3, -0.25) is 0 Å². The summed E-state index contributed by atoms with van der Waals surface area (Å²) >= 11 is 8.54. The molecular formula is C13H19BrN2S. The van der Waals surface area contributed by atoms with Gasteiger partial charge in [0.1, 0.15) is 4.99 Å². The zero-order valence-electron chi connectivity index (χ0n) is 10.4. The lowest BCUT2D eigenvalue weighted by Gasteiger charge is -2.22. The predicted molar refractivity (Wildman–Crippen MR) is 82.8 cm³/mol. The van der Waals surface area contributed by atoms with Crippen molar-refractivity contribution in [3.05, 3.63) is 28.2 Å². The summed E-state index contributed by atoms with van der Waals surface area (Å²) in [7, 11) is 2.08. The minimum Gasteiger partial charge on any atom is -0.389 e. The van der Waals surface area contributed by atoms with Crippen LogP contribution in [0.4, 0.5) is 5.69 Å². The Bertz CT molecular complexity index is 393. The largest absolute Gasteiger partial charge is 0.389 e. The Labute approximate surface area is 117 Å². The first-order valence-corrected chi connectivity index (χ1v) is 7.07. The Hall–Kier alpha value is -0.610. The van der Waals surface area contributed by atoms with Crippen LogP contribution in [-0.4, -0.2) is 18.6 Å². The summed E-state index contributed by atoms with van der Waals surface area (Å²) in [6, 6.07) is 6.06. The van der Waals surface area contributed by atoms with Crippen molar-refractivity contribution in [2.24, 2.45) is 5.73 Å². The highest BCUT2D eigenvalue weighted by molar-refractivity contribution is 9.10. The lowest BCUT2D eigenvalue weighted by molar-refractivity contribution is 0.705. The Kier molecular flexibility index (Phi) is 5.92. The summed E-state index contributed by atoms with van der Waals surface area (Å²) in [6.45, 7) is 3.24. The van der Waals surface area contributed by atoms with E-state index in [2.05, 4.69) is 40.9 Å². The monoisotopic (exact) mass is 314 g/mol. The Balaban J connectivity index is 2.84. The molecule has 0 saturated carbocycles. The Morgan fingerprint density at radius 1 is 1.41 bits per heavy atom. The highest BCUT2D eigenvalue weighted by Gasteiger charge is 2.09. The first-order chi connectivity index (χ1) is 8.06. The average Bonchev–Trinajstić information content (AvgIpc) is 2.29. The third kappa shape index (κ3) is 4.28. The Morgan fingerprint density at radius 3 is 2.71 bits per heavy atom. The van der Waals surface area contributed by atoms with Gasteiger partial charge in [0.25, 0.3) is 0 Å². The molecule has 0 atom stereocenters. The number of anilines is 1. The molecule has 0 saturated heterocycles. The number of unbranched alkanes of at least 4 members (excludes halogenated alkanes) is 2. The lowest BCUT2D eigenvalue weighted by Crippen LogP contribution is -2.22. The standard InChI is InChI=1S/C13H19BrN2S/c1-3-4-5-8-16(2)12-7-6-10(14)9-11(12)13(15)17/h6-7,9H,3-5,8H2,1-2H3,(H2,15,17). The minimum absolute atomic E-state index is 0.448. The second-order valence-corrected chi connectivity index (χ2v) is 5.51. The van der Waals surface area contributed by atoms with E-state index in [1.54, 1.807) is 0 Å². The minimum atomic E-state index is 0.448. The molecule has 1 rings (SSSR count). The number of hydrogen-bond donors (Lipinski definition) is 1. The molecule has 94 valence electrons. The number of nitrogens with two attached hydrogens (primary N) is 1. The maximum absolute atomic E-state index is 5.76. The molecule has 0 aliphatic heterocycles. The van der Waals surface area contributed by atoms with E-state index in [0.717, 1.165) is 22.3 Å². The molecule has 0 heterocycles. The SMILES string of the molecule is CCCCCN(C)c1ccc(Br)cc1C(N)=S. The molecule has 2 nitrogen and oxygen atoms in total. The van der Waals surface area contributed by atoms with E-state index in [9.17, 15) is 0 Å². The van der Waals surface area contributed by atoms with E-state index in [4.69, 9.17) is 18.0 Å². The Morgan fingerprint density at radius 2 is 2.12 bits per heavy atom. The van der Waals surface area contributed by atoms with Gasteiger partial charge < -0.3 is 10.6 Å². The summed E-state index contributed by atoms with van der Waals surface area (Å²) in [5.74, 6) is 0. The van der Waals surface area contributed by atoms with Crippen LogP contribution < -0.4 is 10.6 Å². The second kappa shape index (κ2) is 6.97. The number of halogens is 1. The second-order valence-electron chi connectivity index (χ2n) is 4.15. The molecular weight excluding hydrogens is 296 g/mol. The maximum atomic E-state index is 5.76. The van der Waals surface area contributed by atoms with E-state index < -0.39 is 0 Å². The highest BCUT2D eigenvalue weighted by atomic mass is 79.9. The molecule has 0 aliphatic rings. The molecule has 0 aromatic heterocycles. The molecule has 0 amide bonds. The molecule has 0 radical (unpaired) electrons. The highest BCUT2D eigenvalue weighted by Crippen LogP contribution is 2.24. The van der Waals surface area contributed by atoms with Gasteiger partial charge in [0, 0.05) is 29.3 Å². The van der Waals surface area contributed by atoms with Gasteiger partial charge in [-0.05, 0) is 24.6 Å². The summed E-state index contributed by atoms with van der Waals surface area (Å²) < 4.78 is 1.01. The molecule has 0 aliphatic carbocycles. The smallest absolute Gasteiger partial charge is 0.106 e. The van der Waals surface area contributed by atoms with Crippen LogP contribution in [0, 0.1) is 0 Å². The first-order valence-electron chi connectivity index (χ1n) is 5.86. The van der Waals surface area contributed by atoms with E-state index >= 15 is 0 Å². The third-order valence-electron chi connectivity index (χ3n) is 2.73. The number of hydrogen-bond acceptors (Lipinski definition) is 2. The van der Waals surface area contributed by atoms with Crippen molar-refractivity contribution in [2.75, 3.05) is 18.5 Å². The van der Waals surface area contributed by atoms with Crippen LogP contribution in [0.15, 0.2) is 22.7 Å². The zero-order valence-corrected chi connectivity index (χ0v) is 12.8. The molecule has 1 aromatic rings. The molecule has 4 heteroatoms. The van der Waals surface area contributed by atoms with E-state index in [-0.39, 0.29) is 0 Å². The van der Waals surface area contributed by atoms with Gasteiger partial charge in [-0.25, -0.2) is 0 Å². The fourth-order valence-corrected chi connectivity index (χ4v) is 2.28. The van der Waals surface area contributed by atoms with Gasteiger partial charge in [-0.15, -0.1) is 0 Å². The van der Waals surface area contributed by atoms with Crippen LogP contribution in [-0.2, 0) is 0 Å². The molecule has 0 bridgehead atoms. The van der Waals surface area contributed by atoms with E-state index in [1.165, 1.54) is 19.3 Å². The molecule has 0 spiro atoms. The van der Waals surface area contributed by atoms with Gasteiger partial charge >= 0.3 is 0 Å². The van der Waals surface area contributed by atoms with Crippen LogP contribution in [0.3, 0.4) is 0 Å². The average molecular weight is 315 g/mol. The van der Waals surface area contributed by atoms with Crippen molar-refractivity contribution in [3.8, 4) is 0 Å². The fraction of sp³-hybridized carbons (Fsp3) is 0.462. The number of rotatable bonds is 6. The van der Waals surface area contributed by atoms with Gasteiger partial charge in [0.15, 0.2) is 0 Å². The summed E-state index contributed by atoms with van der Waals surface area (Å²) in [4.78, 5) is 2.67. The number of thiocarbonyl (C=S) groups is 1. The van der Waals surface area contributed by atoms with Crippen molar-refractivity contribution < 1.29 is 0 Å². The van der Waals surface area contributed by atoms with Crippen LogP contribution in [0.1, 0.15) is 31.7 Å². The van der Waals surface area contributed by atoms with E-state index in [0.29, 0.717) is 4.99 Å². The molecule has 0 unspecified atom stereocenters. The number of nitrogens with zero attached hydrogens (tertiary/aromatic N) is 1. The molecule has 2 N–H and O–H groups in total. The molecule has 0 fully saturated rings. The first kappa shape index (κ1) is 14.5. The van der Waals surface area contributed by atoms with Crippen molar-refractivity contribution in [3.63, 3.8) is 0 Å². The topological polar surface area (TPSA) is 29.3 Å². The fourth-order valence-electron chi connectivity index (χ4n) is 1.76. The summed E-state index contributed by atoms with van der Waals surface area (Å²) in [5, 5.41) is 0. The van der Waals surface area contributed by atoms with Gasteiger partial charge in [0.05, 0.1) is 0 Å². The predicted octanol–water partition coefficient (Wildman–Crippen LogP) is 3.71. The molecule has 17 heavy (non-hydrogen) atoms. The van der Waals surface area contributed by atoms with Gasteiger partial charge in [0.2, 0.25) is 0 Å². The van der Waals surface area contributed by atoms with Crippen LogP contribution in [0.2, 0.25) is 0 Å². The summed E-state index contributed by atoms with van der Waals surface area (Å²) in [5.41, 5.74) is 7.81. The summed E-state index contributed by atoms with van der Waals surface area (Å²) in [6.07, 6.45) is 3.68. The van der Waals surface area contributed by atoms with Crippen LogP contribution >= 0.6 is 28.1 Å². The van der Waals surface area contributed by atoms with Crippen LogP contribution in [0.25, 0.3) is 0 Å².